The SMILES string of the molecule is COc1ccc(N(Sc2ccc(C)cc2)C(=O)NC(=O)c2ccccc2Cl)cc1. The number of methoxy groups -OCH3 is 1. The Kier molecular flexibility index (Phi) is 6.80. The van der Waals surface area contributed by atoms with Crippen LogP contribution < -0.4 is 14.4 Å². The van der Waals surface area contributed by atoms with Crippen LogP contribution in [0, 0.1) is 6.92 Å². The lowest BCUT2D eigenvalue weighted by molar-refractivity contribution is 0.0966. The van der Waals surface area contributed by atoms with Gasteiger partial charge in [0.25, 0.3) is 5.91 Å². The molecule has 0 heterocycles. The number of nitrogens with zero attached hydrogens (tertiary/aromatic N) is 1. The number of amides is 3. The number of anilines is 1. The Balaban J connectivity index is 1.86. The van der Waals surface area contributed by atoms with E-state index in [4.69, 9.17) is 16.3 Å². The van der Waals surface area contributed by atoms with Crippen molar-refractivity contribution >= 4 is 41.2 Å². The van der Waals surface area contributed by atoms with Crippen LogP contribution in [0.1, 0.15) is 15.9 Å². The number of hydrogen-bond acceptors (Lipinski definition) is 4. The fraction of sp³-hybridized carbons (Fsp3) is 0.0909. The number of rotatable bonds is 5. The molecule has 0 aromatic heterocycles. The first-order chi connectivity index (χ1) is 14.0. The normalized spacial score (nSPS) is 10.3. The molecule has 1 N–H and O–H groups in total. The highest BCUT2D eigenvalue weighted by Gasteiger charge is 2.22. The van der Waals surface area contributed by atoms with E-state index in [1.807, 2.05) is 31.2 Å². The number of urea groups is 1. The maximum Gasteiger partial charge on any atom is 0.339 e. The van der Waals surface area contributed by atoms with Gasteiger partial charge in [-0.2, -0.15) is 0 Å². The number of imide groups is 1. The van der Waals surface area contributed by atoms with E-state index in [2.05, 4.69) is 5.32 Å². The molecule has 0 fully saturated rings. The molecule has 29 heavy (non-hydrogen) atoms. The van der Waals surface area contributed by atoms with E-state index in [1.54, 1.807) is 55.6 Å². The average molecular weight is 427 g/mol. The zero-order valence-electron chi connectivity index (χ0n) is 15.9. The summed E-state index contributed by atoms with van der Waals surface area (Å²) in [6, 6.07) is 20.7. The fourth-order valence-electron chi connectivity index (χ4n) is 2.49. The van der Waals surface area contributed by atoms with Crippen LogP contribution in [0.15, 0.2) is 77.7 Å². The summed E-state index contributed by atoms with van der Waals surface area (Å²) in [4.78, 5) is 26.4. The molecule has 0 saturated carbocycles. The van der Waals surface area contributed by atoms with E-state index in [1.165, 1.54) is 16.3 Å². The van der Waals surface area contributed by atoms with Gasteiger partial charge in [0.05, 0.1) is 23.4 Å². The molecule has 0 aliphatic rings. The molecular formula is C22H19ClN2O3S. The third-order valence-electron chi connectivity index (χ3n) is 4.05. The van der Waals surface area contributed by atoms with Crippen LogP contribution in [0.25, 0.3) is 0 Å². The molecule has 0 aliphatic carbocycles. The predicted molar refractivity (Wildman–Crippen MR) is 117 cm³/mol. The monoisotopic (exact) mass is 426 g/mol. The molecule has 3 amide bonds. The van der Waals surface area contributed by atoms with Crippen molar-refractivity contribution in [1.29, 1.82) is 0 Å². The van der Waals surface area contributed by atoms with E-state index >= 15 is 0 Å². The molecular weight excluding hydrogens is 408 g/mol. The Labute approximate surface area is 178 Å². The van der Waals surface area contributed by atoms with Gasteiger partial charge in [-0.15, -0.1) is 0 Å². The van der Waals surface area contributed by atoms with Gasteiger partial charge in [-0.25, -0.2) is 9.10 Å². The molecule has 0 spiro atoms. The quantitative estimate of drug-likeness (QED) is 0.530. The van der Waals surface area contributed by atoms with Crippen molar-refractivity contribution in [1.82, 2.24) is 5.32 Å². The van der Waals surface area contributed by atoms with Gasteiger partial charge in [-0.1, -0.05) is 41.4 Å². The van der Waals surface area contributed by atoms with Gasteiger partial charge in [0, 0.05) is 4.90 Å². The van der Waals surface area contributed by atoms with Crippen LogP contribution in [0.5, 0.6) is 5.75 Å². The van der Waals surface area contributed by atoms with Crippen LogP contribution in [-0.4, -0.2) is 19.0 Å². The van der Waals surface area contributed by atoms with Crippen molar-refractivity contribution in [3.05, 3.63) is 88.9 Å². The first kappa shape index (κ1) is 20.8. The first-order valence-electron chi connectivity index (χ1n) is 8.76. The van der Waals surface area contributed by atoms with Crippen molar-refractivity contribution in [2.75, 3.05) is 11.4 Å². The minimum Gasteiger partial charge on any atom is -0.497 e. The van der Waals surface area contributed by atoms with Gasteiger partial charge in [-0.05, 0) is 67.4 Å². The Morgan fingerprint density at radius 3 is 2.24 bits per heavy atom. The smallest absolute Gasteiger partial charge is 0.339 e. The minimum absolute atomic E-state index is 0.234. The molecule has 7 heteroatoms. The van der Waals surface area contributed by atoms with Crippen LogP contribution >= 0.6 is 23.5 Å². The van der Waals surface area contributed by atoms with Gasteiger partial charge in [0.15, 0.2) is 0 Å². The summed E-state index contributed by atoms with van der Waals surface area (Å²) >= 11 is 7.28. The Bertz CT molecular complexity index is 1010. The van der Waals surface area contributed by atoms with Gasteiger partial charge in [0.2, 0.25) is 0 Å². The summed E-state index contributed by atoms with van der Waals surface area (Å²) in [6.07, 6.45) is 0. The second-order valence-electron chi connectivity index (χ2n) is 6.14. The molecule has 0 radical (unpaired) electrons. The second-order valence-corrected chi connectivity index (χ2v) is 7.56. The zero-order valence-corrected chi connectivity index (χ0v) is 17.5. The molecule has 3 aromatic carbocycles. The van der Waals surface area contributed by atoms with E-state index < -0.39 is 11.9 Å². The van der Waals surface area contributed by atoms with Crippen LogP contribution in [0.3, 0.4) is 0 Å². The fourth-order valence-corrected chi connectivity index (χ4v) is 3.54. The summed E-state index contributed by atoms with van der Waals surface area (Å²) < 4.78 is 6.60. The van der Waals surface area contributed by atoms with Gasteiger partial charge < -0.3 is 4.74 Å². The highest BCUT2D eigenvalue weighted by atomic mass is 35.5. The predicted octanol–water partition coefficient (Wildman–Crippen LogP) is 5.72. The minimum atomic E-state index is -0.578. The molecule has 0 bridgehead atoms. The molecule has 0 unspecified atom stereocenters. The van der Waals surface area contributed by atoms with E-state index in [9.17, 15) is 9.59 Å². The van der Waals surface area contributed by atoms with E-state index in [0.29, 0.717) is 11.4 Å². The highest BCUT2D eigenvalue weighted by molar-refractivity contribution is 8.01. The van der Waals surface area contributed by atoms with E-state index in [0.717, 1.165) is 10.5 Å². The van der Waals surface area contributed by atoms with Crippen molar-refractivity contribution in [3.8, 4) is 5.75 Å². The Hall–Kier alpha value is -2.96. The maximum absolute atomic E-state index is 13.0. The molecule has 0 atom stereocenters. The van der Waals surface area contributed by atoms with Gasteiger partial charge in [0.1, 0.15) is 5.75 Å². The lowest BCUT2D eigenvalue weighted by Gasteiger charge is -2.22. The Morgan fingerprint density at radius 2 is 1.62 bits per heavy atom. The summed E-state index contributed by atoms with van der Waals surface area (Å²) in [5.74, 6) is 0.102. The van der Waals surface area contributed by atoms with Crippen molar-refractivity contribution in [2.45, 2.75) is 11.8 Å². The number of hydrogen-bond donors (Lipinski definition) is 1. The summed E-state index contributed by atoms with van der Waals surface area (Å²) in [6.45, 7) is 1.99. The second kappa shape index (κ2) is 9.49. The molecule has 3 aromatic rings. The zero-order chi connectivity index (χ0) is 20.8. The number of aryl methyl sites for hydroxylation is 1. The number of benzene rings is 3. The summed E-state index contributed by atoms with van der Waals surface area (Å²) in [5.41, 5.74) is 1.95. The number of carbonyl (C=O) groups excluding carboxylic acids is 2. The average Bonchev–Trinajstić information content (AvgIpc) is 2.73. The topological polar surface area (TPSA) is 58.6 Å². The molecule has 3 rings (SSSR count). The van der Waals surface area contributed by atoms with Crippen molar-refractivity contribution in [2.24, 2.45) is 0 Å². The molecule has 0 saturated heterocycles. The van der Waals surface area contributed by atoms with Crippen LogP contribution in [0.2, 0.25) is 5.02 Å². The standard InChI is InChI=1S/C22H19ClN2O3S/c1-15-7-13-18(14-8-15)29-25(16-9-11-17(28-2)12-10-16)22(27)24-21(26)19-5-3-4-6-20(19)23/h3-14H,1-2H3,(H,24,26,27). The number of nitrogens with one attached hydrogen (secondary N) is 1. The number of carbonyl (C=O) groups is 2. The summed E-state index contributed by atoms with van der Waals surface area (Å²) in [5, 5.41) is 2.69. The third kappa shape index (κ3) is 5.31. The number of halogens is 1. The van der Waals surface area contributed by atoms with Crippen LogP contribution in [-0.2, 0) is 0 Å². The lowest BCUT2D eigenvalue weighted by atomic mass is 10.2. The third-order valence-corrected chi connectivity index (χ3v) is 5.42. The summed E-state index contributed by atoms with van der Waals surface area (Å²) in [7, 11) is 1.57. The van der Waals surface area contributed by atoms with Crippen molar-refractivity contribution < 1.29 is 14.3 Å². The molecule has 148 valence electrons. The first-order valence-corrected chi connectivity index (χ1v) is 9.91. The largest absolute Gasteiger partial charge is 0.497 e. The Morgan fingerprint density at radius 1 is 0.966 bits per heavy atom. The maximum atomic E-state index is 13.0. The molecule has 5 nitrogen and oxygen atoms in total. The van der Waals surface area contributed by atoms with Gasteiger partial charge in [-0.3, -0.25) is 10.1 Å². The molecule has 0 aliphatic heterocycles. The lowest BCUT2D eigenvalue weighted by Crippen LogP contribution is -2.39. The van der Waals surface area contributed by atoms with Crippen LogP contribution in [0.4, 0.5) is 10.5 Å². The number of ether oxygens (including phenoxy) is 1. The van der Waals surface area contributed by atoms with E-state index in [-0.39, 0.29) is 10.6 Å². The highest BCUT2D eigenvalue weighted by Crippen LogP contribution is 2.30. The van der Waals surface area contributed by atoms with Crippen molar-refractivity contribution in [3.63, 3.8) is 0 Å². The van der Waals surface area contributed by atoms with Gasteiger partial charge >= 0.3 is 6.03 Å².